The molecule has 0 radical (unpaired) electrons. The summed E-state index contributed by atoms with van der Waals surface area (Å²) in [6.45, 7) is 9.02. The van der Waals surface area contributed by atoms with E-state index in [0.29, 0.717) is 17.9 Å². The maximum Gasteiger partial charge on any atom is 0.228 e. The van der Waals surface area contributed by atoms with E-state index in [1.165, 1.54) is 12.8 Å². The normalized spacial score (nSPS) is 31.5. The Balaban J connectivity index is 2.00. The van der Waals surface area contributed by atoms with E-state index in [4.69, 9.17) is 0 Å². The molecule has 2 aliphatic rings. The fraction of sp³-hybridized carbons (Fsp3) is 0.917. The molecular weight excluding hydrogens is 188 g/mol. The van der Waals surface area contributed by atoms with Crippen LogP contribution in [0.5, 0.6) is 0 Å². The molecule has 0 spiro atoms. The van der Waals surface area contributed by atoms with Crippen LogP contribution in [0.25, 0.3) is 0 Å². The van der Waals surface area contributed by atoms with Crippen LogP contribution in [0.1, 0.15) is 33.6 Å². The van der Waals surface area contributed by atoms with Crippen LogP contribution in [0.15, 0.2) is 0 Å². The summed E-state index contributed by atoms with van der Waals surface area (Å²) in [7, 11) is 0. The summed E-state index contributed by atoms with van der Waals surface area (Å²) in [5, 5.41) is 3.52. The van der Waals surface area contributed by atoms with Crippen molar-refractivity contribution in [1.82, 2.24) is 10.2 Å². The SMILES string of the molecule is CC(C)(C)C(=O)N1CC2CCCNC2C1. The van der Waals surface area contributed by atoms with Crippen LogP contribution >= 0.6 is 0 Å². The summed E-state index contributed by atoms with van der Waals surface area (Å²) >= 11 is 0. The molecule has 2 saturated heterocycles. The molecule has 0 aromatic rings. The summed E-state index contributed by atoms with van der Waals surface area (Å²) in [5.74, 6) is 1.00. The number of carbonyl (C=O) groups excluding carboxylic acids is 1. The Labute approximate surface area is 92.2 Å². The van der Waals surface area contributed by atoms with Gasteiger partial charge in [0.1, 0.15) is 0 Å². The lowest BCUT2D eigenvalue weighted by atomic mass is 9.94. The van der Waals surface area contributed by atoms with Gasteiger partial charge in [0, 0.05) is 24.5 Å². The molecule has 2 fully saturated rings. The minimum absolute atomic E-state index is 0.229. The van der Waals surface area contributed by atoms with Gasteiger partial charge in [-0.2, -0.15) is 0 Å². The molecule has 15 heavy (non-hydrogen) atoms. The average molecular weight is 210 g/mol. The van der Waals surface area contributed by atoms with Crippen molar-refractivity contribution in [1.29, 1.82) is 0 Å². The second-order valence-corrected chi connectivity index (χ2v) is 5.92. The first-order chi connectivity index (χ1) is 6.98. The third-order valence-electron chi connectivity index (χ3n) is 3.53. The van der Waals surface area contributed by atoms with E-state index in [9.17, 15) is 4.79 Å². The van der Waals surface area contributed by atoms with E-state index in [1.54, 1.807) is 0 Å². The van der Waals surface area contributed by atoms with Gasteiger partial charge in [-0.15, -0.1) is 0 Å². The van der Waals surface area contributed by atoms with Crippen molar-refractivity contribution in [2.45, 2.75) is 39.7 Å². The van der Waals surface area contributed by atoms with Crippen LogP contribution in [0.2, 0.25) is 0 Å². The fourth-order valence-corrected chi connectivity index (χ4v) is 2.69. The predicted molar refractivity (Wildman–Crippen MR) is 60.5 cm³/mol. The van der Waals surface area contributed by atoms with Gasteiger partial charge >= 0.3 is 0 Å². The maximum atomic E-state index is 12.1. The van der Waals surface area contributed by atoms with Crippen LogP contribution in [-0.4, -0.2) is 36.5 Å². The minimum atomic E-state index is -0.229. The number of likely N-dealkylation sites (tertiary alicyclic amines) is 1. The first-order valence-electron chi connectivity index (χ1n) is 6.01. The van der Waals surface area contributed by atoms with Gasteiger partial charge in [-0.1, -0.05) is 20.8 Å². The summed E-state index contributed by atoms with van der Waals surface area (Å²) in [4.78, 5) is 14.2. The molecule has 0 aromatic heterocycles. The summed E-state index contributed by atoms with van der Waals surface area (Å²) < 4.78 is 0. The average Bonchev–Trinajstić information content (AvgIpc) is 2.58. The van der Waals surface area contributed by atoms with E-state index in [1.807, 2.05) is 25.7 Å². The third-order valence-corrected chi connectivity index (χ3v) is 3.53. The van der Waals surface area contributed by atoms with Gasteiger partial charge in [0.05, 0.1) is 0 Å². The Morgan fingerprint density at radius 1 is 1.33 bits per heavy atom. The van der Waals surface area contributed by atoms with Gasteiger partial charge in [0.25, 0.3) is 0 Å². The molecule has 0 aromatic carbocycles. The highest BCUT2D eigenvalue weighted by molar-refractivity contribution is 5.81. The lowest BCUT2D eigenvalue weighted by Gasteiger charge is -2.25. The second-order valence-electron chi connectivity index (χ2n) is 5.92. The smallest absolute Gasteiger partial charge is 0.228 e. The van der Waals surface area contributed by atoms with Crippen LogP contribution in [0.4, 0.5) is 0 Å². The summed E-state index contributed by atoms with van der Waals surface area (Å²) in [6, 6.07) is 0.560. The van der Waals surface area contributed by atoms with Crippen LogP contribution in [0.3, 0.4) is 0 Å². The Morgan fingerprint density at radius 3 is 2.67 bits per heavy atom. The Kier molecular flexibility index (Phi) is 2.75. The van der Waals surface area contributed by atoms with Gasteiger partial charge in [-0.3, -0.25) is 4.79 Å². The van der Waals surface area contributed by atoms with Gasteiger partial charge in [0.15, 0.2) is 0 Å². The van der Waals surface area contributed by atoms with Crippen molar-refractivity contribution in [2.24, 2.45) is 11.3 Å². The molecule has 2 heterocycles. The molecular formula is C12H22N2O. The van der Waals surface area contributed by atoms with Crippen LogP contribution in [0, 0.1) is 11.3 Å². The molecule has 1 amide bonds. The molecule has 2 atom stereocenters. The third kappa shape index (κ3) is 2.17. The van der Waals surface area contributed by atoms with E-state index in [0.717, 1.165) is 19.6 Å². The van der Waals surface area contributed by atoms with E-state index in [-0.39, 0.29) is 5.41 Å². The number of piperidine rings is 1. The molecule has 0 bridgehead atoms. The van der Waals surface area contributed by atoms with Gasteiger partial charge < -0.3 is 10.2 Å². The lowest BCUT2D eigenvalue weighted by Crippen LogP contribution is -2.42. The second kappa shape index (κ2) is 3.78. The summed E-state index contributed by atoms with van der Waals surface area (Å²) in [6.07, 6.45) is 2.55. The van der Waals surface area contributed by atoms with E-state index in [2.05, 4.69) is 5.32 Å². The van der Waals surface area contributed by atoms with Crippen LogP contribution < -0.4 is 5.32 Å². The zero-order chi connectivity index (χ0) is 11.1. The number of rotatable bonds is 0. The number of hydrogen-bond donors (Lipinski definition) is 1. The molecule has 0 saturated carbocycles. The molecule has 86 valence electrons. The molecule has 3 nitrogen and oxygen atoms in total. The van der Waals surface area contributed by atoms with Crippen molar-refractivity contribution in [2.75, 3.05) is 19.6 Å². The molecule has 2 rings (SSSR count). The highest BCUT2D eigenvalue weighted by Crippen LogP contribution is 2.28. The van der Waals surface area contributed by atoms with Gasteiger partial charge in [0.2, 0.25) is 5.91 Å². The molecule has 2 aliphatic heterocycles. The zero-order valence-corrected chi connectivity index (χ0v) is 10.0. The minimum Gasteiger partial charge on any atom is -0.340 e. The van der Waals surface area contributed by atoms with Crippen molar-refractivity contribution in [3.05, 3.63) is 0 Å². The highest BCUT2D eigenvalue weighted by atomic mass is 16.2. The molecule has 0 aliphatic carbocycles. The Hall–Kier alpha value is -0.570. The number of fused-ring (bicyclic) bond motifs is 1. The Bertz CT molecular complexity index is 243. The number of carbonyl (C=O) groups is 1. The number of nitrogens with zero attached hydrogens (tertiary/aromatic N) is 1. The maximum absolute atomic E-state index is 12.1. The zero-order valence-electron chi connectivity index (χ0n) is 10.0. The molecule has 3 heteroatoms. The number of hydrogen-bond acceptors (Lipinski definition) is 2. The van der Waals surface area contributed by atoms with Crippen molar-refractivity contribution in [3.8, 4) is 0 Å². The number of nitrogens with one attached hydrogen (secondary N) is 1. The molecule has 2 unspecified atom stereocenters. The highest BCUT2D eigenvalue weighted by Gasteiger charge is 2.39. The van der Waals surface area contributed by atoms with Crippen molar-refractivity contribution in [3.63, 3.8) is 0 Å². The van der Waals surface area contributed by atoms with Gasteiger partial charge in [-0.05, 0) is 25.3 Å². The largest absolute Gasteiger partial charge is 0.340 e. The van der Waals surface area contributed by atoms with Crippen LogP contribution in [-0.2, 0) is 4.79 Å². The van der Waals surface area contributed by atoms with E-state index < -0.39 is 0 Å². The first kappa shape index (κ1) is 10.9. The summed E-state index contributed by atoms with van der Waals surface area (Å²) in [5.41, 5.74) is -0.229. The molecule has 1 N–H and O–H groups in total. The monoisotopic (exact) mass is 210 g/mol. The number of amides is 1. The predicted octanol–water partition coefficient (Wildman–Crippen LogP) is 1.24. The Morgan fingerprint density at radius 2 is 2.07 bits per heavy atom. The first-order valence-corrected chi connectivity index (χ1v) is 6.01. The standard InChI is InChI=1S/C12H22N2O/c1-12(2,3)11(15)14-7-9-5-4-6-13-10(9)8-14/h9-10,13H,4-8H2,1-3H3. The van der Waals surface area contributed by atoms with Crippen molar-refractivity contribution >= 4 is 5.91 Å². The van der Waals surface area contributed by atoms with Gasteiger partial charge in [-0.25, -0.2) is 0 Å². The fourth-order valence-electron chi connectivity index (χ4n) is 2.69. The van der Waals surface area contributed by atoms with E-state index >= 15 is 0 Å². The topological polar surface area (TPSA) is 32.3 Å². The quantitative estimate of drug-likeness (QED) is 0.652. The lowest BCUT2D eigenvalue weighted by molar-refractivity contribution is -0.138. The van der Waals surface area contributed by atoms with Crippen molar-refractivity contribution < 1.29 is 4.79 Å².